The van der Waals surface area contributed by atoms with E-state index in [-0.39, 0.29) is 0 Å². The van der Waals surface area contributed by atoms with Crippen molar-refractivity contribution in [2.75, 3.05) is 32.7 Å². The van der Waals surface area contributed by atoms with Crippen molar-refractivity contribution in [3.63, 3.8) is 0 Å². The van der Waals surface area contributed by atoms with Crippen LogP contribution in [-0.4, -0.2) is 52.9 Å². The van der Waals surface area contributed by atoms with Crippen molar-refractivity contribution in [2.24, 2.45) is 5.92 Å². The fourth-order valence-electron chi connectivity index (χ4n) is 4.39. The molecule has 2 heterocycles. The second kappa shape index (κ2) is 7.71. The largest absolute Gasteiger partial charge is 0.326 e. The Hall–Kier alpha value is -1.01. The Morgan fingerprint density at radius 1 is 1.13 bits per heavy atom. The van der Waals surface area contributed by atoms with Gasteiger partial charge in [-0.25, -0.2) is 4.68 Å². The molecule has 0 spiro atoms. The van der Waals surface area contributed by atoms with Crippen molar-refractivity contribution < 1.29 is 9.80 Å². The van der Waals surface area contributed by atoms with E-state index in [0.29, 0.717) is 18.0 Å². The Kier molecular flexibility index (Phi) is 5.64. The number of aromatic nitrogens is 4. The molecule has 2 aliphatic rings. The Labute approximate surface area is 140 Å². The van der Waals surface area contributed by atoms with E-state index < -0.39 is 0 Å². The second-order valence-corrected chi connectivity index (χ2v) is 7.86. The second-order valence-electron chi connectivity index (χ2n) is 7.86. The number of nitrogens with zero attached hydrogens (tertiary/aromatic N) is 4. The number of piperazine rings is 1. The highest BCUT2D eigenvalue weighted by molar-refractivity contribution is 4.92. The van der Waals surface area contributed by atoms with Crippen LogP contribution in [0.3, 0.4) is 0 Å². The SMILES string of the molecule is CC[NH+]1CC[NH+]([C@@H](CC(C)C)c2nnnn2C2CCCC2)CC1. The van der Waals surface area contributed by atoms with Gasteiger partial charge in [-0.2, -0.15) is 0 Å². The lowest BCUT2D eigenvalue weighted by atomic mass is 10.0. The molecule has 6 heteroatoms. The summed E-state index contributed by atoms with van der Waals surface area (Å²) in [6.45, 7) is 13.3. The van der Waals surface area contributed by atoms with Crippen LogP contribution in [0, 0.1) is 5.92 Å². The van der Waals surface area contributed by atoms with E-state index in [1.165, 1.54) is 64.8 Å². The molecule has 0 bridgehead atoms. The molecule has 23 heavy (non-hydrogen) atoms. The number of hydrogen-bond donors (Lipinski definition) is 2. The minimum Gasteiger partial charge on any atom is -0.326 e. The van der Waals surface area contributed by atoms with Crippen LogP contribution < -0.4 is 9.80 Å². The van der Waals surface area contributed by atoms with Crippen LogP contribution in [-0.2, 0) is 0 Å². The van der Waals surface area contributed by atoms with E-state index in [1.54, 1.807) is 9.80 Å². The number of hydrogen-bond acceptors (Lipinski definition) is 3. The van der Waals surface area contributed by atoms with Crippen LogP contribution in [0.4, 0.5) is 0 Å². The van der Waals surface area contributed by atoms with Gasteiger partial charge < -0.3 is 9.80 Å². The molecule has 0 radical (unpaired) electrons. The Morgan fingerprint density at radius 2 is 1.83 bits per heavy atom. The third-order valence-corrected chi connectivity index (χ3v) is 5.80. The smallest absolute Gasteiger partial charge is 0.209 e. The molecule has 1 atom stereocenters. The molecule has 1 aliphatic heterocycles. The topological polar surface area (TPSA) is 52.5 Å². The molecule has 1 aliphatic carbocycles. The third kappa shape index (κ3) is 3.91. The van der Waals surface area contributed by atoms with Gasteiger partial charge in [0.05, 0.1) is 12.6 Å². The van der Waals surface area contributed by atoms with E-state index in [9.17, 15) is 0 Å². The highest BCUT2D eigenvalue weighted by Gasteiger charge is 2.35. The predicted octanol–water partition coefficient (Wildman–Crippen LogP) is -0.321. The lowest BCUT2D eigenvalue weighted by molar-refractivity contribution is -1.03. The van der Waals surface area contributed by atoms with Crippen molar-refractivity contribution in [1.82, 2.24) is 20.2 Å². The van der Waals surface area contributed by atoms with Gasteiger partial charge in [-0.3, -0.25) is 0 Å². The monoisotopic (exact) mass is 322 g/mol. The number of quaternary nitrogens is 2. The van der Waals surface area contributed by atoms with Gasteiger partial charge in [0.1, 0.15) is 26.2 Å². The summed E-state index contributed by atoms with van der Waals surface area (Å²) in [6, 6.07) is 1.00. The fourth-order valence-corrected chi connectivity index (χ4v) is 4.39. The molecular formula is C17H34N6+2. The quantitative estimate of drug-likeness (QED) is 0.755. The summed E-state index contributed by atoms with van der Waals surface area (Å²) < 4.78 is 2.19. The lowest BCUT2D eigenvalue weighted by Crippen LogP contribution is -3.28. The number of rotatable bonds is 6. The van der Waals surface area contributed by atoms with Crippen molar-refractivity contribution in [2.45, 2.75) is 65.0 Å². The maximum absolute atomic E-state index is 4.50. The molecule has 3 rings (SSSR count). The van der Waals surface area contributed by atoms with E-state index in [2.05, 4.69) is 41.0 Å². The van der Waals surface area contributed by atoms with E-state index >= 15 is 0 Å². The van der Waals surface area contributed by atoms with Gasteiger partial charge in [0, 0.05) is 6.42 Å². The normalized spacial score (nSPS) is 27.7. The zero-order chi connectivity index (χ0) is 16.2. The summed E-state index contributed by atoms with van der Waals surface area (Å²) in [6.07, 6.45) is 6.32. The highest BCUT2D eigenvalue weighted by Crippen LogP contribution is 2.30. The standard InChI is InChI=1S/C17H32N6/c1-4-21-9-11-22(12-10-21)16(13-14(2)3)17-18-19-20-23(17)15-7-5-6-8-15/h14-16H,4-13H2,1-3H3/p+2/t16-/m0/s1. The molecular weight excluding hydrogens is 288 g/mol. The van der Waals surface area contributed by atoms with Crippen molar-refractivity contribution in [1.29, 1.82) is 0 Å². The molecule has 0 amide bonds. The summed E-state index contributed by atoms with van der Waals surface area (Å²) in [5, 5.41) is 13.0. The van der Waals surface area contributed by atoms with E-state index in [1.807, 2.05) is 0 Å². The summed E-state index contributed by atoms with van der Waals surface area (Å²) in [7, 11) is 0. The van der Waals surface area contributed by atoms with Crippen molar-refractivity contribution in [3.8, 4) is 0 Å². The first kappa shape index (κ1) is 16.8. The fraction of sp³-hybridized carbons (Fsp3) is 0.941. The van der Waals surface area contributed by atoms with Crippen LogP contribution in [0.1, 0.15) is 70.8 Å². The maximum atomic E-state index is 4.50. The van der Waals surface area contributed by atoms with Crippen LogP contribution in [0.5, 0.6) is 0 Å². The molecule has 130 valence electrons. The number of nitrogens with one attached hydrogen (secondary N) is 2. The molecule has 1 aromatic heterocycles. The van der Waals surface area contributed by atoms with Crippen LogP contribution in [0.2, 0.25) is 0 Å². The first-order valence-electron chi connectivity index (χ1n) is 9.65. The molecule has 1 saturated carbocycles. The molecule has 1 saturated heterocycles. The van der Waals surface area contributed by atoms with Crippen LogP contribution in [0.25, 0.3) is 0 Å². The van der Waals surface area contributed by atoms with Gasteiger partial charge in [-0.15, -0.1) is 5.10 Å². The first-order valence-corrected chi connectivity index (χ1v) is 9.65. The molecule has 0 aromatic carbocycles. The minimum absolute atomic E-state index is 0.462. The highest BCUT2D eigenvalue weighted by atomic mass is 15.6. The Balaban J connectivity index is 1.78. The summed E-state index contributed by atoms with van der Waals surface area (Å²) in [5.74, 6) is 1.83. The van der Waals surface area contributed by atoms with Gasteiger partial charge >= 0.3 is 0 Å². The lowest BCUT2D eigenvalue weighted by Gasteiger charge is -2.34. The Bertz CT molecular complexity index is 471. The summed E-state index contributed by atoms with van der Waals surface area (Å²) in [4.78, 5) is 3.44. The van der Waals surface area contributed by atoms with Crippen LogP contribution in [0.15, 0.2) is 0 Å². The van der Waals surface area contributed by atoms with Gasteiger partial charge in [-0.05, 0) is 36.1 Å². The van der Waals surface area contributed by atoms with E-state index in [0.717, 1.165) is 5.82 Å². The minimum atomic E-state index is 0.462. The zero-order valence-corrected chi connectivity index (χ0v) is 15.1. The molecule has 0 unspecified atom stereocenters. The molecule has 1 aromatic rings. The zero-order valence-electron chi connectivity index (χ0n) is 15.1. The van der Waals surface area contributed by atoms with Gasteiger partial charge in [-0.1, -0.05) is 26.7 Å². The van der Waals surface area contributed by atoms with Gasteiger partial charge in [0.15, 0.2) is 6.04 Å². The summed E-state index contributed by atoms with van der Waals surface area (Å²) >= 11 is 0. The molecule has 6 nitrogen and oxygen atoms in total. The molecule has 2 fully saturated rings. The molecule has 2 N–H and O–H groups in total. The summed E-state index contributed by atoms with van der Waals surface area (Å²) in [5.41, 5.74) is 0. The van der Waals surface area contributed by atoms with Gasteiger partial charge in [0.2, 0.25) is 5.82 Å². The Morgan fingerprint density at radius 3 is 2.43 bits per heavy atom. The average molecular weight is 323 g/mol. The first-order chi connectivity index (χ1) is 11.2. The number of tetrazole rings is 1. The number of likely N-dealkylation sites (N-methyl/N-ethyl adjacent to an activating group) is 1. The van der Waals surface area contributed by atoms with E-state index in [4.69, 9.17) is 0 Å². The average Bonchev–Trinajstić information content (AvgIpc) is 3.23. The van der Waals surface area contributed by atoms with Crippen LogP contribution >= 0.6 is 0 Å². The predicted molar refractivity (Wildman–Crippen MR) is 89.5 cm³/mol. The van der Waals surface area contributed by atoms with Crippen molar-refractivity contribution in [3.05, 3.63) is 5.82 Å². The van der Waals surface area contributed by atoms with Crippen molar-refractivity contribution >= 4 is 0 Å². The maximum Gasteiger partial charge on any atom is 0.209 e. The third-order valence-electron chi connectivity index (χ3n) is 5.80. The van der Waals surface area contributed by atoms with Gasteiger partial charge in [0.25, 0.3) is 0 Å².